The Morgan fingerprint density at radius 1 is 1.29 bits per heavy atom. The van der Waals surface area contributed by atoms with Crippen LogP contribution in [0.3, 0.4) is 0 Å². The summed E-state index contributed by atoms with van der Waals surface area (Å²) in [5.41, 5.74) is -0.899. The summed E-state index contributed by atoms with van der Waals surface area (Å²) in [4.78, 5) is 40.4. The number of aromatic amines is 1. The molecule has 0 unspecified atom stereocenters. The summed E-state index contributed by atoms with van der Waals surface area (Å²) >= 11 is 3.52. The number of rotatable bonds is 9. The zero-order chi connectivity index (χ0) is 17.9. The number of nitrogens with one attached hydrogen (secondary N) is 1. The van der Waals surface area contributed by atoms with E-state index in [-0.39, 0.29) is 42.9 Å². The second-order valence-corrected chi connectivity index (χ2v) is 4.55. The zero-order valence-electron chi connectivity index (χ0n) is 13.2. The van der Waals surface area contributed by atoms with Gasteiger partial charge in [0, 0.05) is 26.3 Å². The molecule has 0 radical (unpaired) electrons. The Bertz CT molecular complexity index is 657. The van der Waals surface area contributed by atoms with E-state index in [1.165, 1.54) is 14.0 Å². The van der Waals surface area contributed by atoms with Crippen molar-refractivity contribution in [2.24, 2.45) is 0 Å². The summed E-state index contributed by atoms with van der Waals surface area (Å²) in [6.07, 6.45) is 3.61. The Kier molecular flexibility index (Phi) is 8.58. The molecule has 0 aliphatic carbocycles. The molecule has 0 aromatic carbocycles. The van der Waals surface area contributed by atoms with Crippen LogP contribution in [0.25, 0.3) is 0 Å². The first-order chi connectivity index (χ1) is 11.5. The first kappa shape index (κ1) is 19.7. The van der Waals surface area contributed by atoms with Crippen molar-refractivity contribution >= 4 is 24.8 Å². The smallest absolute Gasteiger partial charge is 0.360 e. The van der Waals surface area contributed by atoms with Crippen molar-refractivity contribution in [3.63, 3.8) is 0 Å². The maximum atomic E-state index is 11.8. The lowest BCUT2D eigenvalue weighted by molar-refractivity contribution is -0.139. The number of ether oxygens (including phenoxy) is 3. The van der Waals surface area contributed by atoms with Crippen LogP contribution in [-0.4, -0.2) is 48.8 Å². The van der Waals surface area contributed by atoms with E-state index in [4.69, 9.17) is 9.47 Å². The molecular weight excluding hydrogens is 340 g/mol. The van der Waals surface area contributed by atoms with Gasteiger partial charge in [0.25, 0.3) is 5.56 Å². The summed E-state index contributed by atoms with van der Waals surface area (Å²) in [5.74, 6) is -1.24. The van der Waals surface area contributed by atoms with E-state index in [1.807, 2.05) is 0 Å². The predicted molar refractivity (Wildman–Crippen MR) is 86.1 cm³/mol. The average Bonchev–Trinajstić information content (AvgIpc) is 2.55. The number of hydrogen-bond acceptors (Lipinski definition) is 9. The van der Waals surface area contributed by atoms with Crippen molar-refractivity contribution in [1.82, 2.24) is 9.97 Å². The highest BCUT2D eigenvalue weighted by Crippen LogP contribution is 2.12. The van der Waals surface area contributed by atoms with Crippen LogP contribution in [-0.2, 0) is 25.4 Å². The molecule has 1 heterocycles. The van der Waals surface area contributed by atoms with Crippen LogP contribution in [0.4, 0.5) is 0 Å². The number of thiol groups is 1. The standard InChI is InChI=1S/C14H18N2O7S/c1-9(17)22-7-4-3-6-21-8-5-10-15-11(14(19)20-2)12(23-24)13(18)16-10/h3-4,24H,5-8H2,1-2H3,(H,15,16,18)/b4-3-. The molecule has 0 spiro atoms. The first-order valence-corrected chi connectivity index (χ1v) is 7.25. The molecule has 1 aromatic heterocycles. The van der Waals surface area contributed by atoms with Gasteiger partial charge in [0.05, 0.1) is 20.3 Å². The van der Waals surface area contributed by atoms with Crippen LogP contribution in [0.5, 0.6) is 5.75 Å². The van der Waals surface area contributed by atoms with E-state index in [9.17, 15) is 14.4 Å². The molecule has 0 bridgehead atoms. The van der Waals surface area contributed by atoms with Gasteiger partial charge in [-0.1, -0.05) is 6.08 Å². The summed E-state index contributed by atoms with van der Waals surface area (Å²) in [6.45, 7) is 2.06. The Balaban J connectivity index is 2.54. The molecular formula is C14H18N2O7S. The van der Waals surface area contributed by atoms with Crippen molar-refractivity contribution in [2.45, 2.75) is 13.3 Å². The minimum Gasteiger partial charge on any atom is -0.464 e. The Labute approximate surface area is 143 Å². The number of esters is 2. The number of carbonyl (C=O) groups is 2. The summed E-state index contributed by atoms with van der Waals surface area (Å²) in [6, 6.07) is 0. The third kappa shape index (κ3) is 6.42. The van der Waals surface area contributed by atoms with Crippen molar-refractivity contribution in [1.29, 1.82) is 0 Å². The molecule has 9 nitrogen and oxygen atoms in total. The van der Waals surface area contributed by atoms with Gasteiger partial charge in [-0.2, -0.15) is 0 Å². The quantitative estimate of drug-likeness (QED) is 0.215. The average molecular weight is 358 g/mol. The maximum absolute atomic E-state index is 11.8. The molecule has 132 valence electrons. The molecule has 0 amide bonds. The Morgan fingerprint density at radius 3 is 2.62 bits per heavy atom. The Hall–Kier alpha value is -2.33. The van der Waals surface area contributed by atoms with Gasteiger partial charge in [-0.05, 0) is 6.08 Å². The van der Waals surface area contributed by atoms with E-state index in [2.05, 4.69) is 31.8 Å². The number of methoxy groups -OCH3 is 1. The first-order valence-electron chi connectivity index (χ1n) is 6.88. The molecule has 1 aromatic rings. The summed E-state index contributed by atoms with van der Waals surface area (Å²) in [7, 11) is 1.17. The van der Waals surface area contributed by atoms with Gasteiger partial charge < -0.3 is 23.4 Å². The zero-order valence-corrected chi connectivity index (χ0v) is 14.1. The number of H-pyrrole nitrogens is 1. The largest absolute Gasteiger partial charge is 0.464 e. The Morgan fingerprint density at radius 2 is 2.00 bits per heavy atom. The van der Waals surface area contributed by atoms with Gasteiger partial charge in [0.1, 0.15) is 12.4 Å². The molecule has 0 atom stereocenters. The molecule has 10 heteroatoms. The number of aromatic nitrogens is 2. The number of nitrogens with zero attached hydrogens (tertiary/aromatic N) is 1. The van der Waals surface area contributed by atoms with E-state index in [0.717, 1.165) is 0 Å². The molecule has 0 aliphatic rings. The van der Waals surface area contributed by atoms with Gasteiger partial charge >= 0.3 is 11.9 Å². The fraction of sp³-hybridized carbons (Fsp3) is 0.429. The van der Waals surface area contributed by atoms with Gasteiger partial charge in [-0.25, -0.2) is 9.78 Å². The number of hydrogen-bond donors (Lipinski definition) is 2. The highest BCUT2D eigenvalue weighted by molar-refractivity contribution is 7.75. The molecule has 0 aliphatic heterocycles. The van der Waals surface area contributed by atoms with Crippen LogP contribution in [0.1, 0.15) is 23.2 Å². The van der Waals surface area contributed by atoms with Crippen LogP contribution < -0.4 is 9.74 Å². The lowest BCUT2D eigenvalue weighted by Crippen LogP contribution is -2.20. The minimum absolute atomic E-state index is 0.182. The molecule has 0 saturated heterocycles. The molecule has 1 N–H and O–H groups in total. The molecule has 0 fully saturated rings. The fourth-order valence-electron chi connectivity index (χ4n) is 1.57. The number of carbonyl (C=O) groups excluding carboxylic acids is 2. The second-order valence-electron chi connectivity index (χ2n) is 4.37. The normalized spacial score (nSPS) is 10.6. The van der Waals surface area contributed by atoms with E-state index in [1.54, 1.807) is 12.2 Å². The van der Waals surface area contributed by atoms with E-state index >= 15 is 0 Å². The third-order valence-corrected chi connectivity index (χ3v) is 2.83. The van der Waals surface area contributed by atoms with Crippen LogP contribution in [0, 0.1) is 0 Å². The van der Waals surface area contributed by atoms with Crippen molar-refractivity contribution in [2.75, 3.05) is 26.9 Å². The van der Waals surface area contributed by atoms with Crippen LogP contribution >= 0.6 is 12.9 Å². The lowest BCUT2D eigenvalue weighted by Gasteiger charge is -2.07. The molecule has 1 rings (SSSR count). The predicted octanol–water partition coefficient (Wildman–Crippen LogP) is 0.458. The second kappa shape index (κ2) is 10.4. The fourth-order valence-corrected chi connectivity index (χ4v) is 1.74. The van der Waals surface area contributed by atoms with E-state index in [0.29, 0.717) is 6.61 Å². The van der Waals surface area contributed by atoms with Crippen molar-refractivity contribution in [3.8, 4) is 5.75 Å². The highest BCUT2D eigenvalue weighted by Gasteiger charge is 2.20. The highest BCUT2D eigenvalue weighted by atomic mass is 32.1. The third-order valence-electron chi connectivity index (χ3n) is 2.64. The van der Waals surface area contributed by atoms with Gasteiger partial charge in [0.2, 0.25) is 5.75 Å². The maximum Gasteiger partial charge on any atom is 0.360 e. The van der Waals surface area contributed by atoms with Crippen LogP contribution in [0.15, 0.2) is 16.9 Å². The van der Waals surface area contributed by atoms with Crippen LogP contribution in [0.2, 0.25) is 0 Å². The van der Waals surface area contributed by atoms with Gasteiger partial charge in [-0.15, -0.1) is 0 Å². The summed E-state index contributed by atoms with van der Waals surface area (Å²) < 4.78 is 19.1. The monoisotopic (exact) mass is 358 g/mol. The van der Waals surface area contributed by atoms with Gasteiger partial charge in [0.15, 0.2) is 5.69 Å². The van der Waals surface area contributed by atoms with Crippen molar-refractivity contribution in [3.05, 3.63) is 34.0 Å². The topological polar surface area (TPSA) is 117 Å². The van der Waals surface area contributed by atoms with Crippen molar-refractivity contribution < 1.29 is 28.0 Å². The molecule has 0 saturated carbocycles. The molecule has 24 heavy (non-hydrogen) atoms. The lowest BCUT2D eigenvalue weighted by atomic mass is 10.3. The van der Waals surface area contributed by atoms with Gasteiger partial charge in [-0.3, -0.25) is 9.59 Å². The summed E-state index contributed by atoms with van der Waals surface area (Å²) in [5, 5.41) is 0. The van der Waals surface area contributed by atoms with E-state index < -0.39 is 11.5 Å². The minimum atomic E-state index is -0.805. The SMILES string of the molecule is COC(=O)c1nc(CCOC/C=C\COC(C)=O)[nH]c(=O)c1OS.